The Morgan fingerprint density at radius 3 is 2.52 bits per heavy atom. The molecule has 0 aromatic carbocycles. The highest BCUT2D eigenvalue weighted by Gasteiger charge is 2.30. The standard InChI is InChI=1S/C15H29N3O3/c1-6-17(14(20)21-15(3,4)5)9-12-7-8-18(10-12)13(19)11(2)16/h11-12H,6-10,16H2,1-5H3/t11-,12+/m0/s1. The maximum Gasteiger partial charge on any atom is 0.410 e. The molecule has 1 heterocycles. The van der Waals surface area contributed by atoms with Crippen LogP contribution in [0.1, 0.15) is 41.0 Å². The third kappa shape index (κ3) is 5.53. The average molecular weight is 299 g/mol. The lowest BCUT2D eigenvalue weighted by Gasteiger charge is -2.28. The zero-order valence-corrected chi connectivity index (χ0v) is 13.9. The molecule has 1 saturated heterocycles. The number of hydrogen-bond acceptors (Lipinski definition) is 4. The lowest BCUT2D eigenvalue weighted by Crippen LogP contribution is -2.42. The summed E-state index contributed by atoms with van der Waals surface area (Å²) in [6.07, 6.45) is 0.611. The molecule has 0 spiro atoms. The summed E-state index contributed by atoms with van der Waals surface area (Å²) >= 11 is 0. The van der Waals surface area contributed by atoms with Gasteiger partial charge < -0.3 is 20.3 Å². The quantitative estimate of drug-likeness (QED) is 0.852. The number of amides is 2. The zero-order valence-electron chi connectivity index (χ0n) is 13.9. The van der Waals surface area contributed by atoms with Gasteiger partial charge in [-0.2, -0.15) is 0 Å². The van der Waals surface area contributed by atoms with E-state index in [1.54, 1.807) is 16.7 Å². The molecule has 0 aromatic heterocycles. The first-order chi connectivity index (χ1) is 9.64. The van der Waals surface area contributed by atoms with Crippen molar-refractivity contribution in [3.05, 3.63) is 0 Å². The van der Waals surface area contributed by atoms with Crippen LogP contribution in [0, 0.1) is 5.92 Å². The Bertz CT molecular complexity index is 377. The second-order valence-corrected chi connectivity index (χ2v) is 6.75. The molecule has 2 atom stereocenters. The highest BCUT2D eigenvalue weighted by Crippen LogP contribution is 2.19. The number of carbonyl (C=O) groups is 2. The fraction of sp³-hybridized carbons (Fsp3) is 0.867. The minimum Gasteiger partial charge on any atom is -0.444 e. The van der Waals surface area contributed by atoms with Gasteiger partial charge in [0.25, 0.3) is 0 Å². The van der Waals surface area contributed by atoms with Gasteiger partial charge in [0.1, 0.15) is 5.60 Å². The van der Waals surface area contributed by atoms with E-state index < -0.39 is 11.6 Å². The van der Waals surface area contributed by atoms with Crippen LogP contribution in [0.4, 0.5) is 4.79 Å². The maximum atomic E-state index is 12.1. The summed E-state index contributed by atoms with van der Waals surface area (Å²) in [5.41, 5.74) is 5.14. The summed E-state index contributed by atoms with van der Waals surface area (Å²) < 4.78 is 5.40. The van der Waals surface area contributed by atoms with E-state index in [4.69, 9.17) is 10.5 Å². The molecule has 1 aliphatic rings. The molecule has 0 aromatic rings. The Hall–Kier alpha value is -1.30. The molecule has 2 amide bonds. The van der Waals surface area contributed by atoms with Gasteiger partial charge in [-0.1, -0.05) is 0 Å². The van der Waals surface area contributed by atoms with Gasteiger partial charge in [0.2, 0.25) is 5.91 Å². The number of carbonyl (C=O) groups excluding carboxylic acids is 2. The SMILES string of the molecule is CCN(C[C@H]1CCN(C(=O)[C@H](C)N)C1)C(=O)OC(C)(C)C. The van der Waals surface area contributed by atoms with Crippen molar-refractivity contribution in [1.29, 1.82) is 0 Å². The first kappa shape index (κ1) is 17.8. The van der Waals surface area contributed by atoms with Gasteiger partial charge in [0.05, 0.1) is 6.04 Å². The van der Waals surface area contributed by atoms with Crippen LogP contribution >= 0.6 is 0 Å². The molecule has 0 radical (unpaired) electrons. The molecule has 6 nitrogen and oxygen atoms in total. The van der Waals surface area contributed by atoms with Crippen LogP contribution in [0.3, 0.4) is 0 Å². The summed E-state index contributed by atoms with van der Waals surface area (Å²) in [4.78, 5) is 27.5. The van der Waals surface area contributed by atoms with Crippen molar-refractivity contribution in [2.24, 2.45) is 11.7 Å². The van der Waals surface area contributed by atoms with Crippen molar-refractivity contribution in [2.75, 3.05) is 26.2 Å². The number of hydrogen-bond donors (Lipinski definition) is 1. The van der Waals surface area contributed by atoms with E-state index in [-0.39, 0.29) is 12.0 Å². The van der Waals surface area contributed by atoms with Crippen molar-refractivity contribution in [3.63, 3.8) is 0 Å². The summed E-state index contributed by atoms with van der Waals surface area (Å²) in [7, 11) is 0. The van der Waals surface area contributed by atoms with Crippen LogP contribution in [-0.2, 0) is 9.53 Å². The fourth-order valence-corrected chi connectivity index (χ4v) is 2.44. The smallest absolute Gasteiger partial charge is 0.410 e. The van der Waals surface area contributed by atoms with Gasteiger partial charge in [-0.05, 0) is 47.0 Å². The first-order valence-corrected chi connectivity index (χ1v) is 7.66. The van der Waals surface area contributed by atoms with E-state index in [9.17, 15) is 9.59 Å². The molecular formula is C15H29N3O3. The molecule has 0 aliphatic carbocycles. The number of nitrogens with zero attached hydrogens (tertiary/aromatic N) is 2. The van der Waals surface area contributed by atoms with Crippen LogP contribution in [0.2, 0.25) is 0 Å². The van der Waals surface area contributed by atoms with E-state index in [0.29, 0.717) is 25.6 Å². The van der Waals surface area contributed by atoms with Crippen molar-refractivity contribution in [3.8, 4) is 0 Å². The lowest BCUT2D eigenvalue weighted by atomic mass is 10.1. The van der Waals surface area contributed by atoms with Crippen LogP contribution in [0.25, 0.3) is 0 Å². The first-order valence-electron chi connectivity index (χ1n) is 7.66. The number of ether oxygens (including phenoxy) is 1. The Kier molecular flexibility index (Phi) is 6.01. The largest absolute Gasteiger partial charge is 0.444 e. The van der Waals surface area contributed by atoms with Crippen LogP contribution in [0.15, 0.2) is 0 Å². The van der Waals surface area contributed by atoms with E-state index >= 15 is 0 Å². The minimum atomic E-state index is -0.489. The second-order valence-electron chi connectivity index (χ2n) is 6.75. The van der Waals surface area contributed by atoms with E-state index in [0.717, 1.165) is 13.0 Å². The number of likely N-dealkylation sites (tertiary alicyclic amines) is 1. The minimum absolute atomic E-state index is 0.0159. The van der Waals surface area contributed by atoms with Crippen molar-refractivity contribution in [2.45, 2.75) is 52.7 Å². The van der Waals surface area contributed by atoms with Crippen LogP contribution in [-0.4, -0.2) is 59.6 Å². The molecule has 21 heavy (non-hydrogen) atoms. The Morgan fingerprint density at radius 1 is 1.43 bits per heavy atom. The lowest BCUT2D eigenvalue weighted by molar-refractivity contribution is -0.131. The zero-order chi connectivity index (χ0) is 16.2. The van der Waals surface area contributed by atoms with Gasteiger partial charge in [-0.25, -0.2) is 4.79 Å². The summed E-state index contributed by atoms with van der Waals surface area (Å²) in [6.45, 7) is 11.8. The van der Waals surface area contributed by atoms with E-state index in [1.165, 1.54) is 0 Å². The highest BCUT2D eigenvalue weighted by atomic mass is 16.6. The molecule has 0 bridgehead atoms. The topological polar surface area (TPSA) is 75.9 Å². The molecule has 6 heteroatoms. The Morgan fingerprint density at radius 2 is 2.05 bits per heavy atom. The van der Waals surface area contributed by atoms with Gasteiger partial charge in [0.15, 0.2) is 0 Å². The monoisotopic (exact) mass is 299 g/mol. The van der Waals surface area contributed by atoms with E-state index in [1.807, 2.05) is 27.7 Å². The highest BCUT2D eigenvalue weighted by molar-refractivity contribution is 5.81. The van der Waals surface area contributed by atoms with Crippen LogP contribution in [0.5, 0.6) is 0 Å². The third-order valence-corrected chi connectivity index (χ3v) is 3.50. The second kappa shape index (κ2) is 7.11. The maximum absolute atomic E-state index is 12.1. The fourth-order valence-electron chi connectivity index (χ4n) is 2.44. The van der Waals surface area contributed by atoms with E-state index in [2.05, 4.69) is 0 Å². The molecule has 1 aliphatic heterocycles. The molecule has 1 fully saturated rings. The Labute approximate surface area is 127 Å². The summed E-state index contributed by atoms with van der Waals surface area (Å²) in [5.74, 6) is 0.276. The molecule has 2 N–H and O–H groups in total. The van der Waals surface area contributed by atoms with Crippen LogP contribution < -0.4 is 5.73 Å². The summed E-state index contributed by atoms with van der Waals surface area (Å²) in [6, 6.07) is -0.461. The van der Waals surface area contributed by atoms with Gasteiger partial charge in [-0.15, -0.1) is 0 Å². The normalized spacial score (nSPS) is 20.3. The predicted octanol–water partition coefficient (Wildman–Crippen LogP) is 1.44. The average Bonchev–Trinajstić information content (AvgIpc) is 2.80. The van der Waals surface area contributed by atoms with Gasteiger partial charge in [0, 0.05) is 26.2 Å². The van der Waals surface area contributed by atoms with Gasteiger partial charge >= 0.3 is 6.09 Å². The van der Waals surface area contributed by atoms with Gasteiger partial charge in [-0.3, -0.25) is 4.79 Å². The van der Waals surface area contributed by atoms with Crippen molar-refractivity contribution >= 4 is 12.0 Å². The van der Waals surface area contributed by atoms with Crippen molar-refractivity contribution < 1.29 is 14.3 Å². The molecule has 0 saturated carbocycles. The summed E-state index contributed by atoms with van der Waals surface area (Å²) in [5, 5.41) is 0. The third-order valence-electron chi connectivity index (χ3n) is 3.50. The molecular weight excluding hydrogens is 270 g/mol. The molecule has 122 valence electrons. The predicted molar refractivity (Wildman–Crippen MR) is 81.8 cm³/mol. The Balaban J connectivity index is 2.52. The number of nitrogens with two attached hydrogens (primary N) is 1. The molecule has 0 unspecified atom stereocenters. The number of rotatable bonds is 4. The van der Waals surface area contributed by atoms with Crippen molar-refractivity contribution in [1.82, 2.24) is 9.80 Å². The molecule has 1 rings (SSSR count).